The van der Waals surface area contributed by atoms with E-state index in [1.165, 1.54) is 0 Å². The third-order valence-corrected chi connectivity index (χ3v) is 4.04. The van der Waals surface area contributed by atoms with Gasteiger partial charge >= 0.3 is 0 Å². The van der Waals surface area contributed by atoms with Crippen LogP contribution in [0.4, 0.5) is 11.4 Å². The quantitative estimate of drug-likeness (QED) is 0.801. The fourth-order valence-electron chi connectivity index (χ4n) is 2.02. The zero-order chi connectivity index (χ0) is 15.4. The molecule has 1 amide bonds. The smallest absolute Gasteiger partial charge is 0.225 e. The molecule has 5 heteroatoms. The van der Waals surface area contributed by atoms with E-state index < -0.39 is 0 Å². The number of anilines is 2. The minimum absolute atomic E-state index is 0.0866. The van der Waals surface area contributed by atoms with Crippen molar-refractivity contribution in [3.63, 3.8) is 0 Å². The number of rotatable bonds is 4. The van der Waals surface area contributed by atoms with Crippen molar-refractivity contribution in [2.24, 2.45) is 0 Å². The number of nitrogens with one attached hydrogen (secondary N) is 1. The number of nitrogen functional groups attached to an aromatic ring is 1. The minimum Gasteiger partial charge on any atom is -0.399 e. The molecule has 2 rings (SSSR count). The van der Waals surface area contributed by atoms with Crippen molar-refractivity contribution in [2.45, 2.75) is 19.3 Å². The molecule has 1 unspecified atom stereocenters. The number of halogens is 2. The van der Waals surface area contributed by atoms with Gasteiger partial charge in [0.2, 0.25) is 5.91 Å². The van der Waals surface area contributed by atoms with Crippen LogP contribution in [-0.4, -0.2) is 5.91 Å². The lowest BCUT2D eigenvalue weighted by Gasteiger charge is -2.13. The lowest BCUT2D eigenvalue weighted by atomic mass is 9.97. The first-order valence-electron chi connectivity index (χ1n) is 6.56. The zero-order valence-corrected chi connectivity index (χ0v) is 13.1. The van der Waals surface area contributed by atoms with Crippen molar-refractivity contribution in [1.29, 1.82) is 0 Å². The first-order chi connectivity index (χ1) is 9.97. The van der Waals surface area contributed by atoms with Crippen LogP contribution in [0, 0.1) is 0 Å². The van der Waals surface area contributed by atoms with E-state index in [1.54, 1.807) is 18.2 Å². The number of nitrogens with two attached hydrogens (primary N) is 1. The summed E-state index contributed by atoms with van der Waals surface area (Å²) in [7, 11) is 0. The number of carbonyl (C=O) groups is 1. The summed E-state index contributed by atoms with van der Waals surface area (Å²) in [5.41, 5.74) is 7.96. The number of benzene rings is 2. The highest BCUT2D eigenvalue weighted by Crippen LogP contribution is 2.30. The van der Waals surface area contributed by atoms with Gasteiger partial charge in [0.25, 0.3) is 0 Å². The fourth-order valence-corrected chi connectivity index (χ4v) is 2.37. The number of carbonyl (C=O) groups excluding carboxylic acids is 1. The standard InChI is InChI=1S/C16H16Cl2N2O/c1-10(11-5-7-12(19)8-6-11)9-15(21)20-14-4-2-3-13(17)16(14)18/h2-8,10H,9,19H2,1H3,(H,20,21). The highest BCUT2D eigenvalue weighted by Gasteiger charge is 2.13. The van der Waals surface area contributed by atoms with E-state index in [4.69, 9.17) is 28.9 Å². The molecule has 3 N–H and O–H groups in total. The van der Waals surface area contributed by atoms with Gasteiger partial charge < -0.3 is 11.1 Å². The largest absolute Gasteiger partial charge is 0.399 e. The van der Waals surface area contributed by atoms with Crippen molar-refractivity contribution >= 4 is 40.5 Å². The van der Waals surface area contributed by atoms with Crippen LogP contribution >= 0.6 is 23.2 Å². The maximum atomic E-state index is 12.1. The van der Waals surface area contributed by atoms with Gasteiger partial charge in [0.15, 0.2) is 0 Å². The normalized spacial score (nSPS) is 12.0. The fraction of sp³-hybridized carbons (Fsp3) is 0.188. The van der Waals surface area contributed by atoms with Crippen LogP contribution in [0.2, 0.25) is 10.0 Å². The molecule has 0 radical (unpaired) electrons. The molecule has 2 aromatic carbocycles. The van der Waals surface area contributed by atoms with Gasteiger partial charge in [-0.2, -0.15) is 0 Å². The molecule has 0 saturated heterocycles. The molecular weight excluding hydrogens is 307 g/mol. The van der Waals surface area contributed by atoms with Gasteiger partial charge in [-0.1, -0.05) is 48.3 Å². The van der Waals surface area contributed by atoms with E-state index in [2.05, 4.69) is 5.32 Å². The SMILES string of the molecule is CC(CC(=O)Nc1cccc(Cl)c1Cl)c1ccc(N)cc1. The lowest BCUT2D eigenvalue weighted by Crippen LogP contribution is -2.14. The van der Waals surface area contributed by atoms with E-state index >= 15 is 0 Å². The third-order valence-electron chi connectivity index (χ3n) is 3.22. The van der Waals surface area contributed by atoms with E-state index in [0.29, 0.717) is 27.8 Å². The minimum atomic E-state index is -0.108. The van der Waals surface area contributed by atoms with Gasteiger partial charge in [0, 0.05) is 12.1 Å². The maximum absolute atomic E-state index is 12.1. The summed E-state index contributed by atoms with van der Waals surface area (Å²) in [5.74, 6) is -0.0212. The van der Waals surface area contributed by atoms with Gasteiger partial charge in [-0.3, -0.25) is 4.79 Å². The van der Waals surface area contributed by atoms with Gasteiger partial charge in [0.1, 0.15) is 0 Å². The average molecular weight is 323 g/mol. The summed E-state index contributed by atoms with van der Waals surface area (Å²) in [4.78, 5) is 12.1. The van der Waals surface area contributed by atoms with Gasteiger partial charge in [-0.05, 0) is 35.7 Å². The first kappa shape index (κ1) is 15.7. The molecule has 21 heavy (non-hydrogen) atoms. The third kappa shape index (κ3) is 4.13. The second-order valence-corrected chi connectivity index (χ2v) is 5.71. The van der Waals surface area contributed by atoms with Gasteiger partial charge in [-0.15, -0.1) is 0 Å². The Bertz CT molecular complexity index is 641. The Hall–Kier alpha value is -1.71. The first-order valence-corrected chi connectivity index (χ1v) is 7.32. The van der Waals surface area contributed by atoms with E-state index in [9.17, 15) is 4.79 Å². The number of amides is 1. The van der Waals surface area contributed by atoms with Crippen LogP contribution < -0.4 is 11.1 Å². The molecule has 0 aliphatic rings. The molecule has 0 aromatic heterocycles. The Morgan fingerprint density at radius 3 is 2.52 bits per heavy atom. The van der Waals surface area contributed by atoms with Crippen LogP contribution in [-0.2, 0) is 4.79 Å². The van der Waals surface area contributed by atoms with Gasteiger partial charge in [0.05, 0.1) is 15.7 Å². The molecule has 0 saturated carbocycles. The van der Waals surface area contributed by atoms with Crippen molar-refractivity contribution in [1.82, 2.24) is 0 Å². The molecule has 0 fully saturated rings. The number of hydrogen-bond acceptors (Lipinski definition) is 2. The van der Waals surface area contributed by atoms with E-state index in [1.807, 2.05) is 31.2 Å². The lowest BCUT2D eigenvalue weighted by molar-refractivity contribution is -0.116. The summed E-state index contributed by atoms with van der Waals surface area (Å²) in [6, 6.07) is 12.7. The second-order valence-electron chi connectivity index (χ2n) is 4.92. The van der Waals surface area contributed by atoms with Crippen molar-refractivity contribution < 1.29 is 4.79 Å². The molecule has 3 nitrogen and oxygen atoms in total. The molecule has 0 aliphatic heterocycles. The van der Waals surface area contributed by atoms with Crippen molar-refractivity contribution in [2.75, 3.05) is 11.1 Å². The summed E-state index contributed by atoms with van der Waals surface area (Å²) in [6.07, 6.45) is 0.354. The Morgan fingerprint density at radius 2 is 1.86 bits per heavy atom. The molecule has 0 spiro atoms. The van der Waals surface area contributed by atoms with Crippen LogP contribution in [0.5, 0.6) is 0 Å². The van der Waals surface area contributed by atoms with E-state index in [-0.39, 0.29) is 11.8 Å². The highest BCUT2D eigenvalue weighted by molar-refractivity contribution is 6.43. The molecule has 2 aromatic rings. The second kappa shape index (κ2) is 6.83. The number of hydrogen-bond donors (Lipinski definition) is 2. The van der Waals surface area contributed by atoms with Crippen LogP contribution in [0.25, 0.3) is 0 Å². The van der Waals surface area contributed by atoms with Crippen LogP contribution in [0.15, 0.2) is 42.5 Å². The predicted molar refractivity (Wildman–Crippen MR) is 89.0 cm³/mol. The molecule has 0 aliphatic carbocycles. The Morgan fingerprint density at radius 1 is 1.19 bits per heavy atom. The molecule has 110 valence electrons. The van der Waals surface area contributed by atoms with Crippen molar-refractivity contribution in [3.8, 4) is 0 Å². The Balaban J connectivity index is 2.01. The molecule has 0 heterocycles. The summed E-state index contributed by atoms with van der Waals surface area (Å²) in [6.45, 7) is 1.99. The molecular formula is C16H16Cl2N2O. The monoisotopic (exact) mass is 322 g/mol. The average Bonchev–Trinajstić information content (AvgIpc) is 2.44. The van der Waals surface area contributed by atoms with Crippen LogP contribution in [0.3, 0.4) is 0 Å². The van der Waals surface area contributed by atoms with Gasteiger partial charge in [-0.25, -0.2) is 0 Å². The van der Waals surface area contributed by atoms with Crippen LogP contribution in [0.1, 0.15) is 24.8 Å². The summed E-state index contributed by atoms with van der Waals surface area (Å²) >= 11 is 12.0. The predicted octanol–water partition coefficient (Wildman–Crippen LogP) is 4.71. The maximum Gasteiger partial charge on any atom is 0.225 e. The summed E-state index contributed by atoms with van der Waals surface area (Å²) < 4.78 is 0. The topological polar surface area (TPSA) is 55.1 Å². The Kier molecular flexibility index (Phi) is 5.10. The van der Waals surface area contributed by atoms with E-state index in [0.717, 1.165) is 5.56 Å². The Labute approximate surface area is 134 Å². The molecule has 1 atom stereocenters. The van der Waals surface area contributed by atoms with Crippen molar-refractivity contribution in [3.05, 3.63) is 58.1 Å². The summed E-state index contributed by atoms with van der Waals surface area (Å²) in [5, 5.41) is 3.56. The molecule has 0 bridgehead atoms. The zero-order valence-electron chi connectivity index (χ0n) is 11.6. The highest BCUT2D eigenvalue weighted by atomic mass is 35.5.